The number of amides is 3. The molecule has 0 aliphatic heterocycles. The van der Waals surface area contributed by atoms with Gasteiger partial charge in [0, 0.05) is 37.4 Å². The lowest BCUT2D eigenvalue weighted by Crippen LogP contribution is -2.30. The summed E-state index contributed by atoms with van der Waals surface area (Å²) in [5.41, 5.74) is 4.17. The van der Waals surface area contributed by atoms with Gasteiger partial charge >= 0.3 is 0 Å². The van der Waals surface area contributed by atoms with Crippen molar-refractivity contribution >= 4 is 70.1 Å². The average Bonchev–Trinajstić information content (AvgIpc) is 2.99. The highest BCUT2D eigenvalue weighted by molar-refractivity contribution is 8.00. The third-order valence-electron chi connectivity index (χ3n) is 6.28. The molecule has 0 heterocycles. The normalized spacial score (nSPS) is 11.1. The van der Waals surface area contributed by atoms with E-state index in [4.69, 9.17) is 23.2 Å². The molecule has 214 valence electrons. The molecular weight excluding hydrogens is 589 g/mol. The topological polar surface area (TPSA) is 87.3 Å². The average molecular weight is 619 g/mol. The van der Waals surface area contributed by atoms with Crippen LogP contribution in [0.2, 0.25) is 10.0 Å². The van der Waals surface area contributed by atoms with E-state index in [1.807, 2.05) is 31.2 Å². The summed E-state index contributed by atoms with van der Waals surface area (Å²) in [5.74, 6) is -0.959. The largest absolute Gasteiger partial charge is 0.325 e. The maximum Gasteiger partial charge on any atom is 0.272 e. The number of hydrogen-bond acceptors (Lipinski definition) is 4. The second-order valence-electron chi connectivity index (χ2n) is 9.29. The molecule has 3 N–H and O–H groups in total. The van der Waals surface area contributed by atoms with Gasteiger partial charge in [-0.25, -0.2) is 0 Å². The third kappa shape index (κ3) is 8.26. The zero-order valence-electron chi connectivity index (χ0n) is 23.0. The van der Waals surface area contributed by atoms with Gasteiger partial charge in [-0.3, -0.25) is 14.4 Å². The van der Waals surface area contributed by atoms with Gasteiger partial charge in [-0.05, 0) is 73.0 Å². The Bertz CT molecular complexity index is 1620. The summed E-state index contributed by atoms with van der Waals surface area (Å²) in [6.07, 6.45) is 2.26. The first-order valence-corrected chi connectivity index (χ1v) is 14.9. The van der Waals surface area contributed by atoms with Crippen LogP contribution in [0, 0.1) is 6.92 Å². The van der Waals surface area contributed by atoms with Crippen molar-refractivity contribution in [2.75, 3.05) is 16.4 Å². The first-order chi connectivity index (χ1) is 20.2. The number of carbonyl (C=O) groups is 3. The minimum Gasteiger partial charge on any atom is -0.325 e. The Balaban J connectivity index is 1.49. The predicted octanol–water partition coefficient (Wildman–Crippen LogP) is 8.00. The molecular formula is C33H29Cl2N3O3S. The Morgan fingerprint density at radius 1 is 0.833 bits per heavy atom. The van der Waals surface area contributed by atoms with Crippen LogP contribution in [0.1, 0.15) is 34.0 Å². The molecule has 0 aromatic heterocycles. The number of halogens is 2. The van der Waals surface area contributed by atoms with Crippen LogP contribution in [-0.4, -0.2) is 23.5 Å². The molecule has 0 atom stereocenters. The molecule has 0 saturated heterocycles. The Labute approximate surface area is 259 Å². The summed E-state index contributed by atoms with van der Waals surface area (Å²) < 4.78 is 0. The van der Waals surface area contributed by atoms with Crippen LogP contribution in [0.25, 0.3) is 6.08 Å². The lowest BCUT2D eigenvalue weighted by molar-refractivity contribution is -0.114. The number of benzene rings is 4. The maximum absolute atomic E-state index is 13.4. The van der Waals surface area contributed by atoms with Crippen molar-refractivity contribution in [3.63, 3.8) is 0 Å². The Hall–Kier alpha value is -4.04. The van der Waals surface area contributed by atoms with Crippen LogP contribution in [0.3, 0.4) is 0 Å². The molecule has 0 unspecified atom stereocenters. The molecule has 4 aromatic carbocycles. The fraction of sp³-hybridized carbons (Fsp3) is 0.121. The van der Waals surface area contributed by atoms with Gasteiger partial charge < -0.3 is 16.0 Å². The molecule has 0 saturated carbocycles. The zero-order valence-corrected chi connectivity index (χ0v) is 25.4. The van der Waals surface area contributed by atoms with E-state index in [9.17, 15) is 14.4 Å². The summed E-state index contributed by atoms with van der Waals surface area (Å²) in [7, 11) is 0. The van der Waals surface area contributed by atoms with E-state index < -0.39 is 11.8 Å². The van der Waals surface area contributed by atoms with Gasteiger partial charge in [-0.2, -0.15) is 0 Å². The van der Waals surface area contributed by atoms with Gasteiger partial charge in [0.1, 0.15) is 5.70 Å². The number of thioether (sulfide) groups is 1. The number of anilines is 2. The zero-order chi connectivity index (χ0) is 30.1. The van der Waals surface area contributed by atoms with Crippen molar-refractivity contribution in [1.29, 1.82) is 0 Å². The molecule has 0 radical (unpaired) electrons. The van der Waals surface area contributed by atoms with Gasteiger partial charge in [0.15, 0.2) is 0 Å². The van der Waals surface area contributed by atoms with Crippen molar-refractivity contribution < 1.29 is 14.4 Å². The lowest BCUT2D eigenvalue weighted by atomic mass is 10.1. The highest BCUT2D eigenvalue weighted by Gasteiger charge is 2.17. The molecule has 0 spiro atoms. The Morgan fingerprint density at radius 3 is 2.24 bits per heavy atom. The Kier molecular flexibility index (Phi) is 10.8. The molecule has 6 nitrogen and oxygen atoms in total. The highest BCUT2D eigenvalue weighted by atomic mass is 35.5. The second-order valence-corrected chi connectivity index (χ2v) is 11.2. The predicted molar refractivity (Wildman–Crippen MR) is 173 cm³/mol. The second kappa shape index (κ2) is 14.7. The van der Waals surface area contributed by atoms with Crippen molar-refractivity contribution in [2.24, 2.45) is 0 Å². The summed E-state index contributed by atoms with van der Waals surface area (Å²) in [5, 5.41) is 9.19. The first-order valence-electron chi connectivity index (χ1n) is 13.2. The van der Waals surface area contributed by atoms with E-state index in [1.165, 1.54) is 17.8 Å². The molecule has 0 aliphatic rings. The van der Waals surface area contributed by atoms with Crippen LogP contribution in [-0.2, 0) is 16.0 Å². The minimum absolute atomic E-state index is 0.0405. The maximum atomic E-state index is 13.4. The monoisotopic (exact) mass is 617 g/mol. The van der Waals surface area contributed by atoms with E-state index >= 15 is 0 Å². The molecule has 0 fully saturated rings. The molecule has 9 heteroatoms. The summed E-state index contributed by atoms with van der Waals surface area (Å²) in [4.78, 5) is 39.9. The number of hydrogen-bond donors (Lipinski definition) is 3. The molecule has 42 heavy (non-hydrogen) atoms. The van der Waals surface area contributed by atoms with E-state index in [1.54, 1.807) is 66.7 Å². The number of rotatable bonds is 10. The van der Waals surface area contributed by atoms with Crippen molar-refractivity contribution in [1.82, 2.24) is 5.32 Å². The van der Waals surface area contributed by atoms with Gasteiger partial charge in [-0.15, -0.1) is 11.8 Å². The van der Waals surface area contributed by atoms with Crippen LogP contribution in [0.5, 0.6) is 0 Å². The van der Waals surface area contributed by atoms with E-state index in [0.29, 0.717) is 26.9 Å². The van der Waals surface area contributed by atoms with E-state index in [0.717, 1.165) is 28.1 Å². The van der Waals surface area contributed by atoms with E-state index in [2.05, 4.69) is 22.9 Å². The van der Waals surface area contributed by atoms with Gasteiger partial charge in [0.05, 0.1) is 5.75 Å². The van der Waals surface area contributed by atoms with Crippen molar-refractivity contribution in [2.45, 2.75) is 25.2 Å². The first kappa shape index (κ1) is 30.9. The molecule has 3 amide bonds. The lowest BCUT2D eigenvalue weighted by Gasteiger charge is -2.14. The summed E-state index contributed by atoms with van der Waals surface area (Å²) >= 11 is 14.0. The molecule has 4 aromatic rings. The van der Waals surface area contributed by atoms with Crippen LogP contribution >= 0.6 is 35.0 Å². The van der Waals surface area contributed by atoms with Crippen molar-refractivity contribution in [3.8, 4) is 0 Å². The highest BCUT2D eigenvalue weighted by Crippen LogP contribution is 2.28. The molecule has 0 aliphatic carbocycles. The standard InChI is InChI=1S/C33H29Cl2N3O3S/c1-3-22-13-7-10-21(2)31(22)38-30(39)20-42-25-15-8-14-24(18-25)36-33(41)29(19-26-27(34)16-9-17-28(26)35)37-32(40)23-11-5-4-6-12-23/h4-19H,3,20H2,1-2H3,(H,36,41)(H,37,40)(H,38,39)/b29-19+. The van der Waals surface area contributed by atoms with E-state index in [-0.39, 0.29) is 17.4 Å². The van der Waals surface area contributed by atoms with Gasteiger partial charge in [0.25, 0.3) is 11.8 Å². The number of carbonyl (C=O) groups excluding carboxylic acids is 3. The van der Waals surface area contributed by atoms with Crippen molar-refractivity contribution in [3.05, 3.63) is 129 Å². The fourth-order valence-corrected chi connectivity index (χ4v) is 5.39. The molecule has 0 bridgehead atoms. The number of aryl methyl sites for hydroxylation is 2. The smallest absolute Gasteiger partial charge is 0.272 e. The summed E-state index contributed by atoms with van der Waals surface area (Å²) in [6.45, 7) is 4.02. The molecule has 4 rings (SSSR count). The minimum atomic E-state index is -0.568. The van der Waals surface area contributed by atoms with Crippen LogP contribution in [0.15, 0.2) is 102 Å². The fourth-order valence-electron chi connectivity index (χ4n) is 4.12. The Morgan fingerprint density at radius 2 is 1.52 bits per heavy atom. The number of nitrogens with one attached hydrogen (secondary N) is 3. The van der Waals surface area contributed by atoms with Gasteiger partial charge in [-0.1, -0.05) is 78.7 Å². The SMILES string of the molecule is CCc1cccc(C)c1NC(=O)CSc1cccc(NC(=O)/C(=C\c2c(Cl)cccc2Cl)NC(=O)c2ccccc2)c1. The number of para-hydroxylation sites is 1. The van der Waals surface area contributed by atoms with Gasteiger partial charge in [0.2, 0.25) is 5.91 Å². The third-order valence-corrected chi connectivity index (χ3v) is 7.94. The van der Waals surface area contributed by atoms with Crippen LogP contribution < -0.4 is 16.0 Å². The van der Waals surface area contributed by atoms with Crippen LogP contribution in [0.4, 0.5) is 11.4 Å². The quantitative estimate of drug-likeness (QED) is 0.124. The summed E-state index contributed by atoms with van der Waals surface area (Å²) in [6, 6.07) is 26.6.